The van der Waals surface area contributed by atoms with Crippen molar-refractivity contribution in [2.45, 2.75) is 181 Å². The van der Waals surface area contributed by atoms with E-state index in [0.29, 0.717) is 135 Å². The summed E-state index contributed by atoms with van der Waals surface area (Å²) in [6.07, 6.45) is 8.00. The molecule has 24 nitrogen and oxygen atoms in total. The number of amides is 7. The molecule has 580 valence electrons. The minimum atomic E-state index is -0.642. The van der Waals surface area contributed by atoms with Gasteiger partial charge in [0.05, 0.1) is 61.9 Å². The summed E-state index contributed by atoms with van der Waals surface area (Å²) in [6.45, 7) is 36.4. The number of alkyl carbamates (subject to hydrolysis) is 2. The molecule has 7 amide bonds. The zero-order valence-electron chi connectivity index (χ0n) is 64.7. The van der Waals surface area contributed by atoms with Crippen molar-refractivity contribution in [3.63, 3.8) is 0 Å². The number of morpholine rings is 2. The Morgan fingerprint density at radius 3 is 1.21 bits per heavy atom. The molecule has 6 aromatic rings. The average molecular weight is 1530 g/mol. The number of carbonyl (C=O) groups excluding carboxylic acids is 6. The van der Waals surface area contributed by atoms with Gasteiger partial charge in [0.2, 0.25) is 23.7 Å². The summed E-state index contributed by atoms with van der Waals surface area (Å²) in [6, 6.07) is 19.4. The SMILES string of the molecule is CCOC(=O)NC(=NC[C@@H](C)c1c(-c2cc(C)cc(C)c2)[nH]c2sc(C(C)(C)C(=O)N3C4CCC3CC4)cc12)N1CCN(C(=O)N2CCOCC2)CC1.CCOC(=O)NC(=NC[C@@H](C)c1c(-c2cc(C)cc(C)c2)[nH]c2sc(C(C)(C)C(=O)N3C4CCC3CC4)cc12)N1CCNCC1.O=C(Cl)N1CCOCC1. The third-order valence-electron chi connectivity index (χ3n) is 22.6. The first-order chi connectivity index (χ1) is 51.3. The molecule has 0 radical (unpaired) electrons. The molecular formula is C80H111ClN14O10S2. The number of H-pyrrole nitrogens is 2. The number of aliphatic imine (C=N–C) groups is 2. The molecular weight excluding hydrogens is 1420 g/mol. The van der Waals surface area contributed by atoms with E-state index in [2.05, 4.69) is 158 Å². The number of halogens is 1. The molecule has 2 aromatic carbocycles. The molecule has 27 heteroatoms. The largest absolute Gasteiger partial charge is 0.450 e. The van der Waals surface area contributed by atoms with Crippen LogP contribution >= 0.6 is 34.3 Å². The summed E-state index contributed by atoms with van der Waals surface area (Å²) >= 11 is 8.57. The van der Waals surface area contributed by atoms with Crippen molar-refractivity contribution < 1.29 is 47.7 Å². The number of nitrogens with one attached hydrogen (secondary N) is 5. The van der Waals surface area contributed by atoms with E-state index >= 15 is 0 Å². The highest BCUT2D eigenvalue weighted by Crippen LogP contribution is 2.49. The summed E-state index contributed by atoms with van der Waals surface area (Å²) in [5.41, 5.74) is 10.3. The van der Waals surface area contributed by atoms with E-state index in [4.69, 9.17) is 40.5 Å². The Morgan fingerprint density at radius 1 is 0.514 bits per heavy atom. The molecule has 8 saturated heterocycles. The zero-order valence-corrected chi connectivity index (χ0v) is 67.1. The number of fused-ring (bicyclic) bond motifs is 6. The lowest BCUT2D eigenvalue weighted by atomic mass is 9.88. The van der Waals surface area contributed by atoms with Crippen LogP contribution in [0.4, 0.5) is 19.2 Å². The van der Waals surface area contributed by atoms with Gasteiger partial charge in [0, 0.05) is 148 Å². The Hall–Kier alpha value is -7.75. The van der Waals surface area contributed by atoms with E-state index in [1.54, 1.807) is 41.4 Å². The summed E-state index contributed by atoms with van der Waals surface area (Å²) in [4.78, 5) is 113. The molecule has 0 spiro atoms. The van der Waals surface area contributed by atoms with Gasteiger partial charge in [-0.25, -0.2) is 14.4 Å². The van der Waals surface area contributed by atoms with Gasteiger partial charge in [-0.2, -0.15) is 0 Å². The van der Waals surface area contributed by atoms with E-state index in [1.165, 1.54) is 27.8 Å². The van der Waals surface area contributed by atoms with E-state index in [-0.39, 0.29) is 41.7 Å². The van der Waals surface area contributed by atoms with Crippen molar-refractivity contribution in [3.05, 3.63) is 91.7 Å². The molecule has 0 aliphatic carbocycles. The Morgan fingerprint density at radius 2 is 0.860 bits per heavy atom. The van der Waals surface area contributed by atoms with Crippen molar-refractivity contribution in [1.82, 2.24) is 60.2 Å². The van der Waals surface area contributed by atoms with E-state index in [0.717, 1.165) is 136 Å². The fourth-order valence-corrected chi connectivity index (χ4v) is 19.5. The number of aromatic amines is 2. The van der Waals surface area contributed by atoms with Crippen LogP contribution in [0.5, 0.6) is 0 Å². The molecule has 0 unspecified atom stereocenters. The van der Waals surface area contributed by atoms with Crippen molar-refractivity contribution in [3.8, 4) is 22.5 Å². The Balaban J connectivity index is 0.000000181. The highest BCUT2D eigenvalue weighted by atomic mass is 35.5. The number of hydrogen-bond donors (Lipinski definition) is 5. The standard InChI is InChI=1S/C40H55N7O5S.C35H48N6O3S.C5H8ClNO2/c1-7-52-38(49)43-37(44-12-14-45(15-13-44)39(50)46-16-18-51-19-17-46)41-24-27(4)33-31-23-32(40(5,6)36(48)47-29-8-9-30(47)11-10-29)53-35(31)42-34(33)28-21-25(2)20-26(3)22-28;1-7-44-34(43)39-33(40-14-12-36-13-15-40)37-20-23(4)29-27-19-28(35(5,6)32(42)41-25-8-9-26(41)11-10-25)45-31(27)38-30(29)24-17-21(2)16-22(3)18-24;6-5(8)7-1-3-9-4-2-7/h20-23,27,29-30,42H,7-19,24H2,1-6H3,(H,41,43,49);16-19,23,25-26,36,38H,7-15,20H2,1-6H3,(H,37,39,43);1-4H2/t27-,29?,30?;23-,25?,26?;/m11./s1. The number of thiophene rings is 2. The smallest absolute Gasteiger partial charge is 0.413 e. The number of rotatable bonds is 14. The van der Waals surface area contributed by atoms with Gasteiger partial charge in [-0.15, -0.1) is 22.7 Å². The van der Waals surface area contributed by atoms with Crippen LogP contribution in [0, 0.1) is 27.7 Å². The molecule has 0 saturated carbocycles. The molecule has 8 fully saturated rings. The number of benzene rings is 2. The van der Waals surface area contributed by atoms with Gasteiger partial charge >= 0.3 is 23.6 Å². The molecule has 2 atom stereocenters. The van der Waals surface area contributed by atoms with Crippen molar-refractivity contribution in [2.24, 2.45) is 9.98 Å². The second-order valence-corrected chi connectivity index (χ2v) is 33.6. The number of urea groups is 1. The van der Waals surface area contributed by atoms with Gasteiger partial charge in [-0.05, 0) is 191 Å². The number of hydrogen-bond acceptors (Lipinski definition) is 15. The number of nitrogens with zero attached hydrogens (tertiary/aromatic N) is 9. The first-order valence-corrected chi connectivity index (χ1v) is 40.8. The lowest BCUT2D eigenvalue weighted by Crippen LogP contribution is -2.57. The zero-order chi connectivity index (χ0) is 76.0. The minimum Gasteiger partial charge on any atom is -0.450 e. The summed E-state index contributed by atoms with van der Waals surface area (Å²) in [5.74, 6) is 1.49. The van der Waals surface area contributed by atoms with Crippen molar-refractivity contribution >= 4 is 102 Å². The molecule has 14 rings (SSSR count). The van der Waals surface area contributed by atoms with Gasteiger partial charge in [0.1, 0.15) is 9.66 Å². The number of piperazine rings is 2. The third-order valence-corrected chi connectivity index (χ3v) is 25.5. The monoisotopic (exact) mass is 1530 g/mol. The van der Waals surface area contributed by atoms with E-state index < -0.39 is 23.0 Å². The third kappa shape index (κ3) is 17.8. The summed E-state index contributed by atoms with van der Waals surface area (Å²) in [5, 5.41) is 11.1. The number of aryl methyl sites for hydroxylation is 4. The summed E-state index contributed by atoms with van der Waals surface area (Å²) < 4.78 is 20.9. The van der Waals surface area contributed by atoms with Crippen LogP contribution in [0.15, 0.2) is 58.5 Å². The van der Waals surface area contributed by atoms with Crippen LogP contribution in [0.25, 0.3) is 42.9 Å². The van der Waals surface area contributed by atoms with Gasteiger partial charge in [0.15, 0.2) is 0 Å². The highest BCUT2D eigenvalue weighted by molar-refractivity contribution is 7.19. The molecule has 8 aliphatic heterocycles. The van der Waals surface area contributed by atoms with Gasteiger partial charge in [-0.3, -0.25) is 35.0 Å². The molecule has 5 N–H and O–H groups in total. The fraction of sp³-hybridized carbons (Fsp3) is 0.600. The Bertz CT molecular complexity index is 4170. The average Bonchev–Trinajstić information content (AvgIpc) is 1.59. The normalized spacial score (nSPS) is 21.1. The minimum absolute atomic E-state index is 0.0293. The van der Waals surface area contributed by atoms with E-state index in [9.17, 15) is 28.8 Å². The second kappa shape index (κ2) is 34.4. The quantitative estimate of drug-likeness (QED) is 0.0295. The van der Waals surface area contributed by atoms with Crippen molar-refractivity contribution in [1.29, 1.82) is 0 Å². The molecule has 107 heavy (non-hydrogen) atoms. The van der Waals surface area contributed by atoms with Gasteiger partial charge in [0.25, 0.3) is 0 Å². The fourth-order valence-electron chi connectivity index (χ4n) is 16.9. The van der Waals surface area contributed by atoms with Crippen LogP contribution < -0.4 is 16.0 Å². The number of guanidine groups is 2. The first kappa shape index (κ1) is 78.8. The molecule has 4 aromatic heterocycles. The van der Waals surface area contributed by atoms with Crippen LogP contribution in [0.3, 0.4) is 0 Å². The van der Waals surface area contributed by atoms with Crippen LogP contribution in [0.1, 0.15) is 162 Å². The second-order valence-electron chi connectivity index (χ2n) is 31.2. The van der Waals surface area contributed by atoms with Crippen LogP contribution in [0.2, 0.25) is 0 Å². The van der Waals surface area contributed by atoms with Gasteiger partial charge in [-0.1, -0.05) is 48.2 Å². The number of aromatic nitrogens is 2. The maximum Gasteiger partial charge on any atom is 0.413 e. The topological polar surface area (TPSA) is 254 Å². The van der Waals surface area contributed by atoms with Crippen LogP contribution in [-0.4, -0.2) is 247 Å². The lowest BCUT2D eigenvalue weighted by Gasteiger charge is -2.39. The maximum absolute atomic E-state index is 14.1. The number of carbonyl (C=O) groups is 6. The Kier molecular flexibility index (Phi) is 25.4. The predicted molar refractivity (Wildman–Crippen MR) is 425 cm³/mol. The Labute approximate surface area is 643 Å². The van der Waals surface area contributed by atoms with Gasteiger partial charge < -0.3 is 68.5 Å². The highest BCUT2D eigenvalue weighted by Gasteiger charge is 2.49. The molecule has 4 bridgehead atoms. The summed E-state index contributed by atoms with van der Waals surface area (Å²) in [7, 11) is 0. The lowest BCUT2D eigenvalue weighted by molar-refractivity contribution is -0.138. The van der Waals surface area contributed by atoms with Crippen LogP contribution in [-0.2, 0) is 39.4 Å². The number of ether oxygens (including phenoxy) is 4. The molecule has 8 aliphatic rings. The van der Waals surface area contributed by atoms with Crippen molar-refractivity contribution in [2.75, 3.05) is 131 Å². The maximum atomic E-state index is 14.1. The first-order valence-electron chi connectivity index (χ1n) is 38.8. The van der Waals surface area contributed by atoms with E-state index in [1.807, 2.05) is 14.7 Å². The predicted octanol–water partition coefficient (Wildman–Crippen LogP) is 13.0. The molecule has 12 heterocycles.